The standard InChI is InChI=1S/C48H38N6O2/c1-50(2)37-16-11-19-42-45(37)48(46-38(51(3)4)17-12-20-43(46)56-42)34-25-23-31(28-41(34)53-29-52(5)39-18-10-14-35(48)47(39)53)55-30-22-24-33-32-13-6-7-15-36(32)54(40(33)27-30)44-21-8-9-26-49-44/h6-28H,1-5H3. The lowest BCUT2D eigenvalue weighted by molar-refractivity contribution is -0.649. The molecule has 0 saturated carbocycles. The Hall–Kier alpha value is -7.06. The van der Waals surface area contributed by atoms with Gasteiger partial charge < -0.3 is 28.4 Å². The molecule has 0 bridgehead atoms. The van der Waals surface area contributed by atoms with E-state index in [2.05, 4.69) is 180 Å². The summed E-state index contributed by atoms with van der Waals surface area (Å²) in [7, 11) is 10.5. The number of aryl methyl sites for hydroxylation is 1. The lowest BCUT2D eigenvalue weighted by Gasteiger charge is -2.48. The predicted octanol–water partition coefficient (Wildman–Crippen LogP) is 9.47. The molecule has 0 radical (unpaired) electrons. The van der Waals surface area contributed by atoms with Gasteiger partial charge >= 0.3 is 0 Å². The van der Waals surface area contributed by atoms with Gasteiger partial charge in [0.15, 0.2) is 0 Å². The fraction of sp³-hybridized carbons (Fsp3) is 0.125. The molecule has 0 N–H and O–H groups in total. The molecule has 0 saturated heterocycles. The topological polar surface area (TPSA) is 51.6 Å². The van der Waals surface area contributed by atoms with E-state index in [1.165, 1.54) is 10.9 Å². The van der Waals surface area contributed by atoms with E-state index in [9.17, 15) is 0 Å². The Balaban J connectivity index is 1.18. The van der Waals surface area contributed by atoms with Gasteiger partial charge in [0.05, 0.1) is 40.2 Å². The van der Waals surface area contributed by atoms with Gasteiger partial charge in [-0.05, 0) is 77.9 Å². The van der Waals surface area contributed by atoms with E-state index < -0.39 is 5.41 Å². The van der Waals surface area contributed by atoms with Crippen molar-refractivity contribution < 1.29 is 14.0 Å². The van der Waals surface area contributed by atoms with Crippen LogP contribution in [0.1, 0.15) is 22.3 Å². The highest BCUT2D eigenvalue weighted by atomic mass is 16.5. The summed E-state index contributed by atoms with van der Waals surface area (Å²) in [6.45, 7) is 0. The minimum absolute atomic E-state index is 0.727. The Morgan fingerprint density at radius 1 is 0.661 bits per heavy atom. The molecule has 0 unspecified atom stereocenters. The smallest absolute Gasteiger partial charge is 0.244 e. The molecule has 272 valence electrons. The highest BCUT2D eigenvalue weighted by Crippen LogP contribution is 2.63. The summed E-state index contributed by atoms with van der Waals surface area (Å²) >= 11 is 0. The van der Waals surface area contributed by atoms with Crippen molar-refractivity contribution in [2.45, 2.75) is 5.41 Å². The second-order valence-electron chi connectivity index (χ2n) is 15.1. The first-order valence-corrected chi connectivity index (χ1v) is 18.8. The number of aromatic nitrogens is 4. The van der Waals surface area contributed by atoms with Crippen molar-refractivity contribution in [3.8, 4) is 34.5 Å². The van der Waals surface area contributed by atoms with Gasteiger partial charge in [0, 0.05) is 73.7 Å². The Kier molecular flexibility index (Phi) is 6.78. The molecule has 1 spiro atoms. The maximum Gasteiger partial charge on any atom is 0.244 e. The van der Waals surface area contributed by atoms with Crippen LogP contribution >= 0.6 is 0 Å². The number of pyridine rings is 1. The van der Waals surface area contributed by atoms with Crippen LogP contribution in [0.25, 0.3) is 44.3 Å². The zero-order valence-electron chi connectivity index (χ0n) is 31.8. The van der Waals surface area contributed by atoms with Crippen molar-refractivity contribution in [1.82, 2.24) is 14.1 Å². The van der Waals surface area contributed by atoms with E-state index >= 15 is 0 Å². The van der Waals surface area contributed by atoms with E-state index in [0.29, 0.717) is 0 Å². The largest absolute Gasteiger partial charge is 0.458 e. The lowest BCUT2D eigenvalue weighted by atomic mass is 9.60. The molecular weight excluding hydrogens is 693 g/mol. The van der Waals surface area contributed by atoms with Crippen molar-refractivity contribution in [2.24, 2.45) is 7.05 Å². The van der Waals surface area contributed by atoms with Crippen molar-refractivity contribution >= 4 is 44.2 Å². The normalized spacial score (nSPS) is 13.4. The number of nitrogens with zero attached hydrogens (tertiary/aromatic N) is 6. The third kappa shape index (κ3) is 4.29. The summed E-state index contributed by atoms with van der Waals surface area (Å²) in [6.07, 6.45) is 5.50. The minimum atomic E-state index is -0.754. The number of benzene rings is 6. The number of para-hydroxylation sites is 2. The fourth-order valence-corrected chi connectivity index (χ4v) is 9.36. The molecule has 0 amide bonds. The molecule has 5 heterocycles. The maximum absolute atomic E-state index is 6.89. The molecule has 8 nitrogen and oxygen atoms in total. The fourth-order valence-electron chi connectivity index (χ4n) is 9.36. The summed E-state index contributed by atoms with van der Waals surface area (Å²) in [5.41, 5.74) is 11.3. The van der Waals surface area contributed by atoms with Crippen LogP contribution in [0.2, 0.25) is 0 Å². The van der Waals surface area contributed by atoms with Gasteiger partial charge in [-0.1, -0.05) is 60.7 Å². The van der Waals surface area contributed by atoms with Crippen LogP contribution in [-0.2, 0) is 12.5 Å². The second kappa shape index (κ2) is 11.7. The Morgan fingerprint density at radius 3 is 2.07 bits per heavy atom. The van der Waals surface area contributed by atoms with Gasteiger partial charge in [0.25, 0.3) is 0 Å². The third-order valence-electron chi connectivity index (χ3n) is 11.6. The summed E-state index contributed by atoms with van der Waals surface area (Å²) < 4.78 is 20.3. The van der Waals surface area contributed by atoms with Gasteiger partial charge in [-0.15, -0.1) is 0 Å². The first-order valence-electron chi connectivity index (χ1n) is 18.8. The average molecular weight is 731 g/mol. The number of hydrogen-bond donors (Lipinski definition) is 0. The molecule has 2 aliphatic heterocycles. The molecule has 3 aromatic heterocycles. The highest BCUT2D eigenvalue weighted by molar-refractivity contribution is 6.09. The zero-order valence-corrected chi connectivity index (χ0v) is 31.8. The Morgan fingerprint density at radius 2 is 1.34 bits per heavy atom. The third-order valence-corrected chi connectivity index (χ3v) is 11.6. The quantitative estimate of drug-likeness (QED) is 0.131. The summed E-state index contributed by atoms with van der Waals surface area (Å²) in [4.78, 5) is 9.13. The molecule has 0 fully saturated rings. The molecule has 8 heteroatoms. The van der Waals surface area contributed by atoms with Gasteiger partial charge in [-0.2, -0.15) is 0 Å². The van der Waals surface area contributed by atoms with Crippen LogP contribution in [0.4, 0.5) is 11.4 Å². The number of ether oxygens (including phenoxy) is 2. The summed E-state index contributed by atoms with van der Waals surface area (Å²) in [5.74, 6) is 4.01. The van der Waals surface area contributed by atoms with Gasteiger partial charge in [0.1, 0.15) is 28.8 Å². The first kappa shape index (κ1) is 32.4. The van der Waals surface area contributed by atoms with Crippen LogP contribution < -0.4 is 23.8 Å². The number of anilines is 2. The van der Waals surface area contributed by atoms with E-state index in [1.807, 2.05) is 24.4 Å². The lowest BCUT2D eigenvalue weighted by Crippen LogP contribution is -2.40. The van der Waals surface area contributed by atoms with Crippen LogP contribution in [0.15, 0.2) is 140 Å². The average Bonchev–Trinajstić information content (AvgIpc) is 3.74. The summed E-state index contributed by atoms with van der Waals surface area (Å²) in [6, 6.07) is 46.8. The van der Waals surface area contributed by atoms with Crippen molar-refractivity contribution in [2.75, 3.05) is 38.0 Å². The van der Waals surface area contributed by atoms with Crippen LogP contribution in [0, 0.1) is 6.33 Å². The molecule has 0 aliphatic carbocycles. The number of hydrogen-bond acceptors (Lipinski definition) is 5. The van der Waals surface area contributed by atoms with E-state index in [4.69, 9.17) is 14.5 Å². The van der Waals surface area contributed by atoms with Gasteiger partial charge in [0.2, 0.25) is 6.33 Å². The van der Waals surface area contributed by atoms with Crippen molar-refractivity contribution in [3.63, 3.8) is 0 Å². The van der Waals surface area contributed by atoms with Crippen molar-refractivity contribution in [3.05, 3.63) is 168 Å². The van der Waals surface area contributed by atoms with Crippen LogP contribution in [0.3, 0.4) is 0 Å². The molecule has 56 heavy (non-hydrogen) atoms. The van der Waals surface area contributed by atoms with Crippen LogP contribution in [0.5, 0.6) is 23.0 Å². The molecular formula is C48H38N6O2. The Bertz CT molecular complexity index is 3010. The maximum atomic E-state index is 6.89. The van der Waals surface area contributed by atoms with Gasteiger partial charge in [-0.3, -0.25) is 4.57 Å². The second-order valence-corrected chi connectivity index (χ2v) is 15.1. The minimum Gasteiger partial charge on any atom is -0.458 e. The zero-order chi connectivity index (χ0) is 37.9. The predicted molar refractivity (Wildman–Crippen MR) is 223 cm³/mol. The molecule has 9 aromatic rings. The SMILES string of the molecule is CN(C)c1cccc2c1C1(c3ccc(Oc4ccc5c6ccccc6n(-c6ccccn6)c5c4)cc3-n3[c-][n+](C)c4cccc1c43)c1c(cccc1N(C)C)O2. The van der Waals surface area contributed by atoms with E-state index in [-0.39, 0.29) is 0 Å². The monoisotopic (exact) mass is 730 g/mol. The van der Waals surface area contributed by atoms with Gasteiger partial charge in [-0.25, -0.2) is 4.98 Å². The molecule has 6 aromatic carbocycles. The number of fused-ring (bicyclic) bond motifs is 11. The number of imidazole rings is 1. The van der Waals surface area contributed by atoms with Crippen LogP contribution in [-0.4, -0.2) is 42.3 Å². The number of rotatable bonds is 5. The first-order chi connectivity index (χ1) is 27.3. The Labute approximate surface area is 324 Å². The molecule has 2 aliphatic rings. The molecule has 0 atom stereocenters. The molecule has 11 rings (SSSR count). The summed E-state index contributed by atoms with van der Waals surface area (Å²) in [5, 5.41) is 2.31. The van der Waals surface area contributed by atoms with E-state index in [1.54, 1.807) is 0 Å². The van der Waals surface area contributed by atoms with E-state index in [0.717, 1.165) is 90.0 Å². The van der Waals surface area contributed by atoms with Crippen molar-refractivity contribution in [1.29, 1.82) is 0 Å². The highest BCUT2D eigenvalue weighted by Gasteiger charge is 2.52.